The van der Waals surface area contributed by atoms with Gasteiger partial charge in [-0.1, -0.05) is 11.6 Å². The third-order valence-corrected chi connectivity index (χ3v) is 1.72. The summed E-state index contributed by atoms with van der Waals surface area (Å²) in [5.74, 6) is -0.103. The molecule has 1 aromatic heterocycles. The second kappa shape index (κ2) is 4.77. The molecule has 1 heterocycles. The van der Waals surface area contributed by atoms with E-state index in [4.69, 9.17) is 11.6 Å². The monoisotopic (exact) mass is 210 g/mol. The highest BCUT2D eigenvalue weighted by molar-refractivity contribution is 6.30. The molecule has 0 amide bonds. The maximum atomic E-state index is 11.5. The number of nitrogens with zero attached hydrogens (tertiary/aromatic N) is 2. The Balaban J connectivity index is 2.80. The van der Waals surface area contributed by atoms with Gasteiger partial charge in [0.05, 0.1) is 5.02 Å². The molecular weight excluding hydrogens is 200 g/mol. The van der Waals surface area contributed by atoms with Gasteiger partial charge in [-0.3, -0.25) is 9.78 Å². The first-order chi connectivity index (χ1) is 6.59. The molecule has 3 nitrogen and oxygen atoms in total. The fourth-order valence-corrected chi connectivity index (χ4v) is 1.03. The van der Waals surface area contributed by atoms with E-state index in [1.165, 1.54) is 18.5 Å². The summed E-state index contributed by atoms with van der Waals surface area (Å²) in [5.41, 5.74) is 0.496. The average molecular weight is 211 g/mol. The second-order valence-electron chi connectivity index (χ2n) is 3.04. The van der Waals surface area contributed by atoms with Crippen LogP contribution in [0.15, 0.2) is 30.7 Å². The van der Waals surface area contributed by atoms with E-state index >= 15 is 0 Å². The largest absolute Gasteiger partial charge is 0.383 e. The number of carbonyl (C=O) groups excluding carboxylic acids is 1. The van der Waals surface area contributed by atoms with Gasteiger partial charge in [0.15, 0.2) is 5.78 Å². The predicted molar refractivity (Wildman–Crippen MR) is 56.4 cm³/mol. The van der Waals surface area contributed by atoms with Crippen molar-refractivity contribution >= 4 is 17.4 Å². The Morgan fingerprint density at radius 3 is 2.79 bits per heavy atom. The fourth-order valence-electron chi connectivity index (χ4n) is 0.860. The molecule has 14 heavy (non-hydrogen) atoms. The maximum Gasteiger partial charge on any atom is 0.188 e. The van der Waals surface area contributed by atoms with Crippen LogP contribution in [0.3, 0.4) is 0 Å². The standard InChI is InChI=1S/C10H11ClN2O/c1-13(2)4-3-10(14)8-5-9(11)7-12-6-8/h3-7H,1-2H3. The van der Waals surface area contributed by atoms with Gasteiger partial charge in [0.2, 0.25) is 0 Å². The minimum Gasteiger partial charge on any atom is -0.383 e. The Hall–Kier alpha value is -1.35. The number of hydrogen-bond donors (Lipinski definition) is 0. The molecule has 0 atom stereocenters. The van der Waals surface area contributed by atoms with Crippen LogP contribution < -0.4 is 0 Å². The number of rotatable bonds is 3. The van der Waals surface area contributed by atoms with Crippen LogP contribution >= 0.6 is 11.6 Å². The van der Waals surface area contributed by atoms with Crippen LogP contribution in [0, 0.1) is 0 Å². The summed E-state index contributed by atoms with van der Waals surface area (Å²) in [4.78, 5) is 17.1. The highest BCUT2D eigenvalue weighted by atomic mass is 35.5. The number of ketones is 1. The van der Waals surface area contributed by atoms with Crippen molar-refractivity contribution in [2.75, 3.05) is 14.1 Å². The quantitative estimate of drug-likeness (QED) is 0.565. The molecule has 0 bridgehead atoms. The smallest absolute Gasteiger partial charge is 0.188 e. The van der Waals surface area contributed by atoms with Gasteiger partial charge in [-0.2, -0.15) is 0 Å². The lowest BCUT2D eigenvalue weighted by Gasteiger charge is -2.02. The molecule has 0 aliphatic carbocycles. The number of hydrogen-bond acceptors (Lipinski definition) is 3. The van der Waals surface area contributed by atoms with Gasteiger partial charge in [0, 0.05) is 44.3 Å². The van der Waals surface area contributed by atoms with E-state index in [2.05, 4.69) is 4.98 Å². The summed E-state index contributed by atoms with van der Waals surface area (Å²) >= 11 is 5.70. The summed E-state index contributed by atoms with van der Waals surface area (Å²) < 4.78 is 0. The number of carbonyl (C=O) groups is 1. The van der Waals surface area contributed by atoms with Gasteiger partial charge >= 0.3 is 0 Å². The molecule has 0 aromatic carbocycles. The Morgan fingerprint density at radius 1 is 1.50 bits per heavy atom. The highest BCUT2D eigenvalue weighted by Gasteiger charge is 2.02. The summed E-state index contributed by atoms with van der Waals surface area (Å²) in [6.07, 6.45) is 6.15. The molecule has 74 valence electrons. The number of pyridine rings is 1. The molecular formula is C10H11ClN2O. The molecule has 0 fully saturated rings. The van der Waals surface area contributed by atoms with Gasteiger partial charge in [0.25, 0.3) is 0 Å². The Labute approximate surface area is 88.0 Å². The molecule has 0 saturated heterocycles. The van der Waals surface area contributed by atoms with Crippen molar-refractivity contribution in [1.29, 1.82) is 0 Å². The Bertz CT molecular complexity index is 361. The van der Waals surface area contributed by atoms with Crippen LogP contribution in [0.5, 0.6) is 0 Å². The lowest BCUT2D eigenvalue weighted by Crippen LogP contribution is -2.03. The molecule has 1 rings (SSSR count). The van der Waals surface area contributed by atoms with Crippen molar-refractivity contribution in [3.63, 3.8) is 0 Å². The zero-order valence-electron chi connectivity index (χ0n) is 8.07. The topological polar surface area (TPSA) is 33.2 Å². The third-order valence-electron chi connectivity index (χ3n) is 1.51. The van der Waals surface area contributed by atoms with Gasteiger partial charge in [0.1, 0.15) is 0 Å². The van der Waals surface area contributed by atoms with Crippen LogP contribution in [0.2, 0.25) is 5.02 Å². The summed E-state index contributed by atoms with van der Waals surface area (Å²) in [6, 6.07) is 1.59. The molecule has 0 aliphatic rings. The van der Waals surface area contributed by atoms with Crippen molar-refractivity contribution in [2.45, 2.75) is 0 Å². The van der Waals surface area contributed by atoms with Crippen LogP contribution in [0.4, 0.5) is 0 Å². The van der Waals surface area contributed by atoms with Gasteiger partial charge < -0.3 is 4.90 Å². The lowest BCUT2D eigenvalue weighted by molar-refractivity contribution is 0.104. The number of halogens is 1. The summed E-state index contributed by atoms with van der Waals surface area (Å²) in [7, 11) is 3.69. The molecule has 0 radical (unpaired) electrons. The second-order valence-corrected chi connectivity index (χ2v) is 3.47. The Kier molecular flexibility index (Phi) is 3.65. The van der Waals surface area contributed by atoms with Crippen molar-refractivity contribution in [1.82, 2.24) is 9.88 Å². The zero-order valence-corrected chi connectivity index (χ0v) is 8.82. The molecule has 0 saturated carbocycles. The fraction of sp³-hybridized carbons (Fsp3) is 0.200. The van der Waals surface area contributed by atoms with E-state index in [0.29, 0.717) is 10.6 Å². The van der Waals surface area contributed by atoms with Crippen molar-refractivity contribution in [3.05, 3.63) is 41.3 Å². The lowest BCUT2D eigenvalue weighted by atomic mass is 10.2. The molecule has 0 spiro atoms. The van der Waals surface area contributed by atoms with Crippen molar-refractivity contribution < 1.29 is 4.79 Å². The third kappa shape index (κ3) is 3.18. The van der Waals surface area contributed by atoms with Gasteiger partial charge in [-0.05, 0) is 6.07 Å². The summed E-state index contributed by atoms with van der Waals surface area (Å²) in [5, 5.41) is 0.467. The SMILES string of the molecule is CN(C)C=CC(=O)c1cncc(Cl)c1. The van der Waals surface area contributed by atoms with E-state index in [1.807, 2.05) is 14.1 Å². The maximum absolute atomic E-state index is 11.5. The highest BCUT2D eigenvalue weighted by Crippen LogP contribution is 2.09. The van der Waals surface area contributed by atoms with E-state index in [9.17, 15) is 4.79 Å². The molecule has 0 unspecified atom stereocenters. The van der Waals surface area contributed by atoms with E-state index in [0.717, 1.165) is 0 Å². The van der Waals surface area contributed by atoms with E-state index in [-0.39, 0.29) is 5.78 Å². The van der Waals surface area contributed by atoms with E-state index in [1.54, 1.807) is 17.2 Å². The normalized spacial score (nSPS) is 10.5. The minimum absolute atomic E-state index is 0.103. The van der Waals surface area contributed by atoms with Crippen molar-refractivity contribution in [3.8, 4) is 0 Å². The minimum atomic E-state index is -0.103. The Morgan fingerprint density at radius 2 is 2.21 bits per heavy atom. The molecule has 4 heteroatoms. The average Bonchev–Trinajstić information content (AvgIpc) is 2.14. The van der Waals surface area contributed by atoms with Crippen molar-refractivity contribution in [2.24, 2.45) is 0 Å². The first-order valence-corrected chi connectivity index (χ1v) is 4.47. The first-order valence-electron chi connectivity index (χ1n) is 4.09. The predicted octanol–water partition coefficient (Wildman–Crippen LogP) is 1.99. The van der Waals surface area contributed by atoms with Crippen LogP contribution in [-0.2, 0) is 0 Å². The first kappa shape index (κ1) is 10.7. The van der Waals surface area contributed by atoms with Crippen LogP contribution in [0.25, 0.3) is 0 Å². The van der Waals surface area contributed by atoms with Crippen LogP contribution in [-0.4, -0.2) is 29.8 Å². The zero-order chi connectivity index (χ0) is 10.6. The summed E-state index contributed by atoms with van der Waals surface area (Å²) in [6.45, 7) is 0. The molecule has 1 aromatic rings. The number of aromatic nitrogens is 1. The van der Waals surface area contributed by atoms with E-state index < -0.39 is 0 Å². The molecule has 0 N–H and O–H groups in total. The van der Waals surface area contributed by atoms with Gasteiger partial charge in [-0.25, -0.2) is 0 Å². The number of allylic oxidation sites excluding steroid dienone is 1. The van der Waals surface area contributed by atoms with Gasteiger partial charge in [-0.15, -0.1) is 0 Å². The van der Waals surface area contributed by atoms with Crippen LogP contribution in [0.1, 0.15) is 10.4 Å². The molecule has 0 aliphatic heterocycles.